The molecule has 0 spiro atoms. The molecule has 0 saturated heterocycles. The molecule has 1 fully saturated rings. The van der Waals surface area contributed by atoms with Crippen molar-refractivity contribution in [2.45, 2.75) is 25.2 Å². The summed E-state index contributed by atoms with van der Waals surface area (Å²) in [6, 6.07) is 15.8. The Hall–Kier alpha value is -3.68. The van der Waals surface area contributed by atoms with Gasteiger partial charge in [0, 0.05) is 42.3 Å². The van der Waals surface area contributed by atoms with Crippen LogP contribution in [0.25, 0.3) is 11.3 Å². The molecular formula is C23H20F2N4O2. The van der Waals surface area contributed by atoms with E-state index in [4.69, 9.17) is 0 Å². The minimum atomic E-state index is -2.81. The Morgan fingerprint density at radius 1 is 0.968 bits per heavy atom. The average Bonchev–Trinajstić information content (AvgIpc) is 3.15. The summed E-state index contributed by atoms with van der Waals surface area (Å²) in [7, 11) is 0. The molecule has 2 heterocycles. The number of benzene rings is 1. The van der Waals surface area contributed by atoms with Crippen molar-refractivity contribution in [2.75, 3.05) is 10.6 Å². The van der Waals surface area contributed by atoms with Crippen LogP contribution in [0.2, 0.25) is 0 Å². The van der Waals surface area contributed by atoms with Gasteiger partial charge < -0.3 is 10.6 Å². The highest BCUT2D eigenvalue weighted by Gasteiger charge is 2.42. The second-order valence-corrected chi connectivity index (χ2v) is 7.43. The van der Waals surface area contributed by atoms with E-state index in [1.54, 1.807) is 18.3 Å². The van der Waals surface area contributed by atoms with Crippen LogP contribution in [0.1, 0.15) is 29.6 Å². The zero-order valence-electron chi connectivity index (χ0n) is 16.5. The van der Waals surface area contributed by atoms with Gasteiger partial charge in [0.15, 0.2) is 0 Å². The van der Waals surface area contributed by atoms with E-state index in [0.717, 1.165) is 5.56 Å². The number of hydrogen-bond acceptors (Lipinski definition) is 4. The number of carbonyl (C=O) groups is 2. The number of alkyl halides is 2. The highest BCUT2D eigenvalue weighted by atomic mass is 19.3. The van der Waals surface area contributed by atoms with E-state index < -0.39 is 30.1 Å². The molecule has 2 amide bonds. The molecule has 0 aliphatic heterocycles. The van der Waals surface area contributed by atoms with Gasteiger partial charge in [0.05, 0.1) is 11.4 Å². The van der Waals surface area contributed by atoms with Crippen molar-refractivity contribution in [1.82, 2.24) is 9.97 Å². The monoisotopic (exact) mass is 422 g/mol. The number of hydrogen-bond donors (Lipinski definition) is 2. The lowest BCUT2D eigenvalue weighted by atomic mass is 10.1. The molecule has 1 atom stereocenters. The van der Waals surface area contributed by atoms with Crippen LogP contribution in [-0.2, 0) is 4.79 Å². The fourth-order valence-corrected chi connectivity index (χ4v) is 3.57. The van der Waals surface area contributed by atoms with Gasteiger partial charge in [-0.2, -0.15) is 0 Å². The number of pyridine rings is 2. The van der Waals surface area contributed by atoms with E-state index in [1.807, 2.05) is 30.3 Å². The number of amides is 2. The predicted molar refractivity (Wildman–Crippen MR) is 113 cm³/mol. The van der Waals surface area contributed by atoms with Crippen molar-refractivity contribution in [3.63, 3.8) is 0 Å². The fraction of sp³-hybridized carbons (Fsp3) is 0.217. The molecule has 0 radical (unpaired) electrons. The maximum Gasteiger partial charge on any atom is 0.255 e. The van der Waals surface area contributed by atoms with Gasteiger partial charge in [0.2, 0.25) is 11.8 Å². The molecule has 0 bridgehead atoms. The molecule has 1 aliphatic carbocycles. The summed E-state index contributed by atoms with van der Waals surface area (Å²) in [5.41, 5.74) is 2.29. The van der Waals surface area contributed by atoms with Gasteiger partial charge in [0.25, 0.3) is 5.91 Å². The van der Waals surface area contributed by atoms with Crippen molar-refractivity contribution in [3.8, 4) is 11.3 Å². The van der Waals surface area contributed by atoms with E-state index in [9.17, 15) is 18.4 Å². The van der Waals surface area contributed by atoms with Gasteiger partial charge in [0.1, 0.15) is 5.82 Å². The summed E-state index contributed by atoms with van der Waals surface area (Å²) < 4.78 is 26.7. The molecule has 8 heteroatoms. The minimum Gasteiger partial charge on any atom is -0.320 e. The van der Waals surface area contributed by atoms with Gasteiger partial charge in [-0.1, -0.05) is 30.3 Å². The van der Waals surface area contributed by atoms with Gasteiger partial charge in [-0.05, 0) is 30.7 Å². The molecule has 4 rings (SSSR count). The third kappa shape index (κ3) is 4.91. The molecule has 3 aromatic rings. The van der Waals surface area contributed by atoms with Crippen molar-refractivity contribution in [1.29, 1.82) is 0 Å². The molecule has 1 aliphatic rings. The third-order valence-electron chi connectivity index (χ3n) is 5.15. The summed E-state index contributed by atoms with van der Waals surface area (Å²) in [4.78, 5) is 33.5. The zero-order valence-corrected chi connectivity index (χ0v) is 16.5. The third-order valence-corrected chi connectivity index (χ3v) is 5.15. The average molecular weight is 422 g/mol. The number of carbonyl (C=O) groups excluding carboxylic acids is 2. The van der Waals surface area contributed by atoms with Crippen molar-refractivity contribution < 1.29 is 18.4 Å². The van der Waals surface area contributed by atoms with Crippen LogP contribution < -0.4 is 10.6 Å². The molecule has 0 unspecified atom stereocenters. The number of anilines is 2. The summed E-state index contributed by atoms with van der Waals surface area (Å²) in [6.45, 7) is 0. The maximum absolute atomic E-state index is 13.4. The fourth-order valence-electron chi connectivity index (χ4n) is 3.57. The van der Waals surface area contributed by atoms with Crippen LogP contribution in [0.3, 0.4) is 0 Å². The highest BCUT2D eigenvalue weighted by molar-refractivity contribution is 6.06. The molecule has 6 nitrogen and oxygen atoms in total. The van der Waals surface area contributed by atoms with E-state index in [0.29, 0.717) is 11.4 Å². The Morgan fingerprint density at radius 3 is 2.52 bits per heavy atom. The van der Waals surface area contributed by atoms with E-state index in [1.165, 1.54) is 18.3 Å². The first kappa shape index (κ1) is 20.6. The summed E-state index contributed by atoms with van der Waals surface area (Å²) in [5, 5.41) is 5.37. The van der Waals surface area contributed by atoms with Crippen molar-refractivity contribution in [3.05, 3.63) is 72.6 Å². The Labute approximate surface area is 177 Å². The molecular weight excluding hydrogens is 402 g/mol. The quantitative estimate of drug-likeness (QED) is 0.620. The van der Waals surface area contributed by atoms with Crippen molar-refractivity contribution >= 4 is 23.3 Å². The Morgan fingerprint density at radius 2 is 1.77 bits per heavy atom. The van der Waals surface area contributed by atoms with Gasteiger partial charge in [-0.25, -0.2) is 13.8 Å². The smallest absolute Gasteiger partial charge is 0.255 e. The zero-order chi connectivity index (χ0) is 21.8. The lowest BCUT2D eigenvalue weighted by Gasteiger charge is -2.12. The number of aromatic nitrogens is 2. The number of nitrogens with zero attached hydrogens (tertiary/aromatic N) is 2. The Kier molecular flexibility index (Phi) is 5.70. The lowest BCUT2D eigenvalue weighted by Crippen LogP contribution is -2.23. The Balaban J connectivity index is 1.48. The number of rotatable bonds is 5. The van der Waals surface area contributed by atoms with Crippen LogP contribution in [-0.4, -0.2) is 27.7 Å². The molecule has 2 N–H and O–H groups in total. The number of halogens is 2. The first-order valence-corrected chi connectivity index (χ1v) is 9.88. The Bertz CT molecular complexity index is 1110. The van der Waals surface area contributed by atoms with Gasteiger partial charge in [-0.3, -0.25) is 14.6 Å². The summed E-state index contributed by atoms with van der Waals surface area (Å²) >= 11 is 0. The SMILES string of the molecule is O=C(Nc1cccnc1-c1ccccc1)c1ccnc(NC(=O)[C@H]2CCC(F)(F)C2)c1. The first-order valence-electron chi connectivity index (χ1n) is 9.88. The molecule has 31 heavy (non-hydrogen) atoms. The standard InChI is InChI=1S/C23H20F2N4O2/c24-23(25)10-8-17(14-23)22(31)29-19-13-16(9-12-26-19)21(30)28-18-7-4-11-27-20(18)15-5-2-1-3-6-15/h1-7,9,11-13,17H,8,10,14H2,(H,28,30)(H,26,29,31)/t17-/m0/s1. The van der Waals surface area contributed by atoms with E-state index in [-0.39, 0.29) is 24.2 Å². The molecule has 1 aromatic carbocycles. The highest BCUT2D eigenvalue weighted by Crippen LogP contribution is 2.39. The second kappa shape index (κ2) is 8.59. The normalized spacial score (nSPS) is 17.2. The van der Waals surface area contributed by atoms with E-state index >= 15 is 0 Å². The topological polar surface area (TPSA) is 84.0 Å². The van der Waals surface area contributed by atoms with E-state index in [2.05, 4.69) is 20.6 Å². The molecule has 2 aromatic heterocycles. The molecule has 158 valence electrons. The minimum absolute atomic E-state index is 0.127. The lowest BCUT2D eigenvalue weighted by molar-refractivity contribution is -0.120. The number of nitrogens with one attached hydrogen (secondary N) is 2. The van der Waals surface area contributed by atoms with Crippen LogP contribution in [0, 0.1) is 5.92 Å². The maximum atomic E-state index is 13.4. The molecule has 1 saturated carbocycles. The predicted octanol–water partition coefficient (Wildman–Crippen LogP) is 4.77. The van der Waals surface area contributed by atoms with Crippen LogP contribution in [0.15, 0.2) is 67.0 Å². The second-order valence-electron chi connectivity index (χ2n) is 7.43. The van der Waals surface area contributed by atoms with Crippen LogP contribution in [0.4, 0.5) is 20.3 Å². The first-order chi connectivity index (χ1) is 14.9. The summed E-state index contributed by atoms with van der Waals surface area (Å²) in [6.07, 6.45) is 2.39. The van der Waals surface area contributed by atoms with Gasteiger partial charge in [-0.15, -0.1) is 0 Å². The van der Waals surface area contributed by atoms with Gasteiger partial charge >= 0.3 is 0 Å². The van der Waals surface area contributed by atoms with Crippen molar-refractivity contribution in [2.24, 2.45) is 5.92 Å². The van der Waals surface area contributed by atoms with Crippen LogP contribution >= 0.6 is 0 Å². The summed E-state index contributed by atoms with van der Waals surface area (Å²) in [5.74, 6) is -4.35. The largest absolute Gasteiger partial charge is 0.320 e. The van der Waals surface area contributed by atoms with Crippen LogP contribution in [0.5, 0.6) is 0 Å².